The number of methoxy groups -OCH3 is 1. The predicted octanol–water partition coefficient (Wildman–Crippen LogP) is -0.763. The molecule has 0 rings (SSSR count). The normalized spacial score (nSPS) is 13.8. The number of ether oxygens (including phenoxy) is 1. The number of nitrogens with one attached hydrogen (secondary N) is 1. The summed E-state index contributed by atoms with van der Waals surface area (Å²) in [6.45, 7) is 3.95. The Hall–Kier alpha value is -0.650. The molecule has 0 spiro atoms. The van der Waals surface area contributed by atoms with Gasteiger partial charge in [0.15, 0.2) is 0 Å². The lowest BCUT2D eigenvalue weighted by atomic mass is 10.1. The molecule has 0 aliphatic carbocycles. The van der Waals surface area contributed by atoms with Crippen molar-refractivity contribution in [1.29, 1.82) is 0 Å². The largest absolute Gasteiger partial charge is 0.391 e. The first-order valence-corrected chi connectivity index (χ1v) is 4.62. The van der Waals surface area contributed by atoms with E-state index >= 15 is 0 Å². The molecule has 0 aromatic carbocycles. The van der Waals surface area contributed by atoms with Crippen LogP contribution in [0, 0.1) is 0 Å². The van der Waals surface area contributed by atoms with Crippen LogP contribution in [0.3, 0.4) is 0 Å². The minimum Gasteiger partial charge on any atom is -0.391 e. The Kier molecular flexibility index (Phi) is 5.68. The predicted molar refractivity (Wildman–Crippen MR) is 53.8 cm³/mol. The number of amides is 1. The van der Waals surface area contributed by atoms with Gasteiger partial charge >= 0.3 is 0 Å². The highest BCUT2D eigenvalue weighted by atomic mass is 16.5. The van der Waals surface area contributed by atoms with E-state index in [1.165, 1.54) is 7.11 Å². The fourth-order valence-electron chi connectivity index (χ4n) is 0.856. The molecular formula is C9H20N2O3. The first-order valence-electron chi connectivity index (χ1n) is 4.62. The first kappa shape index (κ1) is 13.4. The molecule has 0 aromatic heterocycles. The molecule has 1 unspecified atom stereocenters. The van der Waals surface area contributed by atoms with Gasteiger partial charge in [-0.3, -0.25) is 4.79 Å². The number of aliphatic hydroxyl groups excluding tert-OH is 1. The molecule has 84 valence electrons. The molecule has 0 aliphatic heterocycles. The summed E-state index contributed by atoms with van der Waals surface area (Å²) in [6, 6.07) is 0. The van der Waals surface area contributed by atoms with Crippen molar-refractivity contribution in [2.24, 2.45) is 5.73 Å². The van der Waals surface area contributed by atoms with Crippen molar-refractivity contribution >= 4 is 5.91 Å². The maximum Gasteiger partial charge on any atom is 0.239 e. The average molecular weight is 204 g/mol. The van der Waals surface area contributed by atoms with Gasteiger partial charge in [0.1, 0.15) is 0 Å². The van der Waals surface area contributed by atoms with E-state index in [9.17, 15) is 9.90 Å². The van der Waals surface area contributed by atoms with E-state index in [0.29, 0.717) is 13.0 Å². The van der Waals surface area contributed by atoms with Gasteiger partial charge in [0, 0.05) is 13.7 Å². The average Bonchev–Trinajstić information content (AvgIpc) is 2.02. The maximum absolute atomic E-state index is 11.3. The van der Waals surface area contributed by atoms with Crippen molar-refractivity contribution in [2.75, 3.05) is 20.3 Å². The van der Waals surface area contributed by atoms with Crippen LogP contribution in [0.15, 0.2) is 0 Å². The molecule has 0 aromatic rings. The van der Waals surface area contributed by atoms with Crippen LogP contribution in [0.25, 0.3) is 0 Å². The third-order valence-corrected chi connectivity index (χ3v) is 1.71. The second kappa shape index (κ2) is 5.95. The zero-order valence-corrected chi connectivity index (χ0v) is 9.04. The highest BCUT2D eigenvalue weighted by Crippen LogP contribution is 1.96. The lowest BCUT2D eigenvalue weighted by Crippen LogP contribution is -2.49. The number of aliphatic hydroxyl groups is 1. The van der Waals surface area contributed by atoms with Gasteiger partial charge in [-0.05, 0) is 20.3 Å². The maximum atomic E-state index is 11.3. The van der Waals surface area contributed by atoms with Gasteiger partial charge in [-0.1, -0.05) is 0 Å². The van der Waals surface area contributed by atoms with Gasteiger partial charge < -0.3 is 20.9 Å². The monoisotopic (exact) mass is 204 g/mol. The molecule has 5 nitrogen and oxygen atoms in total. The Balaban J connectivity index is 3.59. The third-order valence-electron chi connectivity index (χ3n) is 1.71. The van der Waals surface area contributed by atoms with E-state index < -0.39 is 11.6 Å². The fourth-order valence-corrected chi connectivity index (χ4v) is 0.856. The third kappa shape index (κ3) is 5.90. The molecule has 0 saturated carbocycles. The summed E-state index contributed by atoms with van der Waals surface area (Å²) < 4.78 is 4.74. The summed E-state index contributed by atoms with van der Waals surface area (Å²) in [7, 11) is 1.52. The molecule has 0 aliphatic rings. The van der Waals surface area contributed by atoms with Crippen LogP contribution in [0.5, 0.6) is 0 Å². The van der Waals surface area contributed by atoms with E-state index in [-0.39, 0.29) is 12.5 Å². The standard InChI is InChI=1S/C9H20N2O3/c1-9(2,10)8(13)11-5-4-7(12)6-14-3/h7,12H,4-6,10H2,1-3H3,(H,11,13). The molecule has 14 heavy (non-hydrogen) atoms. The van der Waals surface area contributed by atoms with Crippen LogP contribution in [0.4, 0.5) is 0 Å². The summed E-state index contributed by atoms with van der Waals surface area (Å²) in [4.78, 5) is 11.3. The molecule has 1 amide bonds. The number of hydrogen-bond acceptors (Lipinski definition) is 4. The summed E-state index contributed by atoms with van der Waals surface area (Å²) >= 11 is 0. The van der Waals surface area contributed by atoms with Crippen molar-refractivity contribution in [2.45, 2.75) is 31.9 Å². The minimum absolute atomic E-state index is 0.220. The Morgan fingerprint density at radius 2 is 2.21 bits per heavy atom. The Labute approximate surface area is 84.6 Å². The molecule has 4 N–H and O–H groups in total. The summed E-state index contributed by atoms with van der Waals surface area (Å²) in [6.07, 6.45) is -0.0727. The number of rotatable bonds is 6. The summed E-state index contributed by atoms with van der Waals surface area (Å²) in [5.74, 6) is -0.220. The summed E-state index contributed by atoms with van der Waals surface area (Å²) in [5, 5.41) is 11.9. The SMILES string of the molecule is COCC(O)CCNC(=O)C(C)(C)N. The van der Waals surface area contributed by atoms with E-state index in [4.69, 9.17) is 10.5 Å². The zero-order chi connectivity index (χ0) is 11.2. The molecule has 0 saturated heterocycles. The second-order valence-corrected chi connectivity index (χ2v) is 3.88. The van der Waals surface area contributed by atoms with E-state index in [2.05, 4.69) is 5.32 Å². The number of nitrogens with two attached hydrogens (primary N) is 1. The highest BCUT2D eigenvalue weighted by Gasteiger charge is 2.21. The van der Waals surface area contributed by atoms with Gasteiger partial charge in [0.25, 0.3) is 0 Å². The van der Waals surface area contributed by atoms with E-state index in [1.54, 1.807) is 13.8 Å². The number of carbonyl (C=O) groups excluding carboxylic acids is 1. The quantitative estimate of drug-likeness (QED) is 0.531. The van der Waals surface area contributed by atoms with Crippen LogP contribution in [-0.2, 0) is 9.53 Å². The first-order chi connectivity index (χ1) is 6.38. The van der Waals surface area contributed by atoms with Crippen LogP contribution in [0.2, 0.25) is 0 Å². The van der Waals surface area contributed by atoms with Crippen LogP contribution < -0.4 is 11.1 Å². The second-order valence-electron chi connectivity index (χ2n) is 3.88. The van der Waals surface area contributed by atoms with Crippen molar-refractivity contribution in [1.82, 2.24) is 5.32 Å². The number of hydrogen-bond donors (Lipinski definition) is 3. The Bertz CT molecular complexity index is 177. The molecule has 0 fully saturated rings. The molecule has 1 atom stereocenters. The van der Waals surface area contributed by atoms with Crippen molar-refractivity contribution in [3.8, 4) is 0 Å². The lowest BCUT2D eigenvalue weighted by molar-refractivity contribution is -0.125. The van der Waals surface area contributed by atoms with Crippen LogP contribution >= 0.6 is 0 Å². The van der Waals surface area contributed by atoms with Gasteiger partial charge in [0.05, 0.1) is 18.2 Å². The lowest BCUT2D eigenvalue weighted by Gasteiger charge is -2.18. The van der Waals surface area contributed by atoms with Crippen molar-refractivity contribution in [3.05, 3.63) is 0 Å². The van der Waals surface area contributed by atoms with Crippen LogP contribution in [-0.4, -0.2) is 42.9 Å². The molecule has 0 radical (unpaired) electrons. The molecule has 5 heteroatoms. The topological polar surface area (TPSA) is 84.6 Å². The highest BCUT2D eigenvalue weighted by molar-refractivity contribution is 5.84. The smallest absolute Gasteiger partial charge is 0.239 e. The van der Waals surface area contributed by atoms with Gasteiger partial charge in [0.2, 0.25) is 5.91 Å². The molecule has 0 bridgehead atoms. The van der Waals surface area contributed by atoms with Crippen molar-refractivity contribution in [3.63, 3.8) is 0 Å². The van der Waals surface area contributed by atoms with E-state index in [1.807, 2.05) is 0 Å². The van der Waals surface area contributed by atoms with E-state index in [0.717, 1.165) is 0 Å². The van der Waals surface area contributed by atoms with Gasteiger partial charge in [-0.25, -0.2) is 0 Å². The number of carbonyl (C=O) groups is 1. The van der Waals surface area contributed by atoms with Gasteiger partial charge in [-0.2, -0.15) is 0 Å². The van der Waals surface area contributed by atoms with Gasteiger partial charge in [-0.15, -0.1) is 0 Å². The van der Waals surface area contributed by atoms with Crippen LogP contribution in [0.1, 0.15) is 20.3 Å². The fraction of sp³-hybridized carbons (Fsp3) is 0.889. The Morgan fingerprint density at radius 1 is 1.64 bits per heavy atom. The Morgan fingerprint density at radius 3 is 2.64 bits per heavy atom. The summed E-state index contributed by atoms with van der Waals surface area (Å²) in [5.41, 5.74) is 4.69. The molecule has 0 heterocycles. The zero-order valence-electron chi connectivity index (χ0n) is 9.04. The minimum atomic E-state index is -0.869. The molecular weight excluding hydrogens is 184 g/mol. The van der Waals surface area contributed by atoms with Crippen molar-refractivity contribution < 1.29 is 14.6 Å².